The van der Waals surface area contributed by atoms with E-state index >= 15 is 0 Å². The summed E-state index contributed by atoms with van der Waals surface area (Å²) < 4.78 is 5.36. The molecular weight excluding hydrogens is 212 g/mol. The number of benzene rings is 1. The second-order valence-electron chi connectivity index (χ2n) is 4.31. The van der Waals surface area contributed by atoms with E-state index in [1.165, 1.54) is 25.7 Å². The number of unbranched alkanes of at least 4 members (excludes halogenated alkanes) is 3. The van der Waals surface area contributed by atoms with Crippen LogP contribution in [0.1, 0.15) is 50.6 Å². The van der Waals surface area contributed by atoms with Crippen LogP contribution < -0.4 is 16.0 Å². The molecule has 0 aliphatic carbocycles. The van der Waals surface area contributed by atoms with Gasteiger partial charge in [0.05, 0.1) is 7.11 Å². The first kappa shape index (κ1) is 14.0. The highest BCUT2D eigenvalue weighted by atomic mass is 16.5. The molecule has 0 spiro atoms. The average molecular weight is 236 g/mol. The molecule has 0 aliphatic heterocycles. The maximum absolute atomic E-state index is 5.64. The van der Waals surface area contributed by atoms with E-state index in [1.54, 1.807) is 7.11 Å². The van der Waals surface area contributed by atoms with Crippen LogP contribution in [0.5, 0.6) is 5.75 Å². The van der Waals surface area contributed by atoms with Crippen molar-refractivity contribution in [2.24, 2.45) is 5.84 Å². The number of hydrazine groups is 1. The van der Waals surface area contributed by atoms with Crippen molar-refractivity contribution in [2.45, 2.75) is 45.1 Å². The Kier molecular flexibility index (Phi) is 6.67. The van der Waals surface area contributed by atoms with E-state index in [0.29, 0.717) is 0 Å². The van der Waals surface area contributed by atoms with E-state index in [9.17, 15) is 0 Å². The van der Waals surface area contributed by atoms with Gasteiger partial charge >= 0.3 is 0 Å². The van der Waals surface area contributed by atoms with E-state index in [1.807, 2.05) is 18.2 Å². The molecule has 0 fully saturated rings. The van der Waals surface area contributed by atoms with E-state index in [2.05, 4.69) is 18.4 Å². The van der Waals surface area contributed by atoms with Gasteiger partial charge in [0.1, 0.15) is 5.75 Å². The molecule has 0 heterocycles. The van der Waals surface area contributed by atoms with Crippen molar-refractivity contribution in [3.8, 4) is 5.75 Å². The third-order valence-electron chi connectivity index (χ3n) is 3.06. The fourth-order valence-corrected chi connectivity index (χ4v) is 2.06. The maximum Gasteiger partial charge on any atom is 0.123 e. The van der Waals surface area contributed by atoms with Crippen LogP contribution in [0.3, 0.4) is 0 Å². The number of hydrogen-bond acceptors (Lipinski definition) is 3. The summed E-state index contributed by atoms with van der Waals surface area (Å²) in [7, 11) is 1.70. The summed E-state index contributed by atoms with van der Waals surface area (Å²) in [5.41, 5.74) is 4.04. The maximum atomic E-state index is 5.64. The molecule has 0 radical (unpaired) electrons. The summed E-state index contributed by atoms with van der Waals surface area (Å²) in [5.74, 6) is 6.55. The number of nitrogens with one attached hydrogen (secondary N) is 1. The Morgan fingerprint density at radius 2 is 2.00 bits per heavy atom. The van der Waals surface area contributed by atoms with Gasteiger partial charge in [-0.1, -0.05) is 50.8 Å². The number of hydrogen-bond donors (Lipinski definition) is 2. The number of para-hydroxylation sites is 1. The Morgan fingerprint density at radius 1 is 1.24 bits per heavy atom. The molecule has 1 aromatic carbocycles. The first-order chi connectivity index (χ1) is 8.33. The highest BCUT2D eigenvalue weighted by Gasteiger charge is 2.13. The predicted octanol–water partition coefficient (Wildman–Crippen LogP) is 3.17. The number of ether oxygens (including phenoxy) is 1. The summed E-state index contributed by atoms with van der Waals surface area (Å²) >= 11 is 0. The number of rotatable bonds is 8. The van der Waals surface area contributed by atoms with Gasteiger partial charge in [0, 0.05) is 11.6 Å². The third-order valence-corrected chi connectivity index (χ3v) is 3.06. The quantitative estimate of drug-likeness (QED) is 0.414. The largest absolute Gasteiger partial charge is 0.496 e. The Bertz CT molecular complexity index is 315. The van der Waals surface area contributed by atoms with Gasteiger partial charge in [0.25, 0.3) is 0 Å². The van der Waals surface area contributed by atoms with Crippen LogP contribution >= 0.6 is 0 Å². The zero-order valence-corrected chi connectivity index (χ0v) is 10.9. The van der Waals surface area contributed by atoms with Crippen molar-refractivity contribution in [3.63, 3.8) is 0 Å². The Morgan fingerprint density at radius 3 is 2.65 bits per heavy atom. The standard InChI is InChI=1S/C14H24N2O/c1-3-4-5-6-10-13(16-15)12-9-7-8-11-14(12)17-2/h7-9,11,13,16H,3-6,10,15H2,1-2H3. The van der Waals surface area contributed by atoms with Crippen LogP contribution in [-0.4, -0.2) is 7.11 Å². The molecule has 1 unspecified atom stereocenters. The molecule has 0 saturated heterocycles. The van der Waals surface area contributed by atoms with Gasteiger partial charge in [0.2, 0.25) is 0 Å². The Labute approximate surface area is 104 Å². The van der Waals surface area contributed by atoms with Crippen LogP contribution in [0.2, 0.25) is 0 Å². The summed E-state index contributed by atoms with van der Waals surface area (Å²) in [6.07, 6.45) is 6.07. The van der Waals surface area contributed by atoms with E-state index in [4.69, 9.17) is 10.6 Å². The first-order valence-corrected chi connectivity index (χ1v) is 6.42. The fourth-order valence-electron chi connectivity index (χ4n) is 2.06. The molecular formula is C14H24N2O. The zero-order chi connectivity index (χ0) is 12.5. The SMILES string of the molecule is CCCCCCC(NN)c1ccccc1OC. The molecule has 1 atom stereocenters. The highest BCUT2D eigenvalue weighted by molar-refractivity contribution is 5.35. The topological polar surface area (TPSA) is 47.3 Å². The molecule has 0 saturated carbocycles. The second-order valence-corrected chi connectivity index (χ2v) is 4.31. The molecule has 1 rings (SSSR count). The van der Waals surface area contributed by atoms with Crippen molar-refractivity contribution < 1.29 is 4.74 Å². The lowest BCUT2D eigenvalue weighted by Crippen LogP contribution is -2.28. The van der Waals surface area contributed by atoms with Gasteiger partial charge in [-0.2, -0.15) is 0 Å². The van der Waals surface area contributed by atoms with Gasteiger partial charge in [-0.25, -0.2) is 0 Å². The molecule has 1 aromatic rings. The number of methoxy groups -OCH3 is 1. The monoisotopic (exact) mass is 236 g/mol. The first-order valence-electron chi connectivity index (χ1n) is 6.42. The minimum absolute atomic E-state index is 0.183. The lowest BCUT2D eigenvalue weighted by Gasteiger charge is -2.18. The minimum Gasteiger partial charge on any atom is -0.496 e. The smallest absolute Gasteiger partial charge is 0.123 e. The van der Waals surface area contributed by atoms with Gasteiger partial charge < -0.3 is 4.74 Å². The lowest BCUT2D eigenvalue weighted by molar-refractivity contribution is 0.393. The molecule has 3 N–H and O–H groups in total. The summed E-state index contributed by atoms with van der Waals surface area (Å²) in [4.78, 5) is 0. The van der Waals surface area contributed by atoms with E-state index < -0.39 is 0 Å². The van der Waals surface area contributed by atoms with Crippen molar-refractivity contribution in [3.05, 3.63) is 29.8 Å². The molecule has 0 bridgehead atoms. The summed E-state index contributed by atoms with van der Waals surface area (Å²) in [5, 5.41) is 0. The van der Waals surface area contributed by atoms with Crippen LogP contribution in [0.15, 0.2) is 24.3 Å². The fraction of sp³-hybridized carbons (Fsp3) is 0.571. The van der Waals surface area contributed by atoms with E-state index in [-0.39, 0.29) is 6.04 Å². The van der Waals surface area contributed by atoms with Gasteiger partial charge in [0.15, 0.2) is 0 Å². The van der Waals surface area contributed by atoms with Gasteiger partial charge in [-0.05, 0) is 12.5 Å². The van der Waals surface area contributed by atoms with Crippen molar-refractivity contribution in [1.29, 1.82) is 0 Å². The van der Waals surface area contributed by atoms with Crippen molar-refractivity contribution in [1.82, 2.24) is 5.43 Å². The van der Waals surface area contributed by atoms with Gasteiger partial charge in [-0.3, -0.25) is 11.3 Å². The summed E-state index contributed by atoms with van der Waals surface area (Å²) in [6, 6.07) is 8.24. The predicted molar refractivity (Wildman–Crippen MR) is 71.8 cm³/mol. The minimum atomic E-state index is 0.183. The third kappa shape index (κ3) is 4.36. The molecule has 0 aliphatic rings. The molecule has 17 heavy (non-hydrogen) atoms. The second kappa shape index (κ2) is 8.09. The lowest BCUT2D eigenvalue weighted by atomic mass is 10.00. The zero-order valence-electron chi connectivity index (χ0n) is 10.9. The van der Waals surface area contributed by atoms with Crippen LogP contribution in [0.25, 0.3) is 0 Å². The highest BCUT2D eigenvalue weighted by Crippen LogP contribution is 2.27. The summed E-state index contributed by atoms with van der Waals surface area (Å²) in [6.45, 7) is 2.22. The van der Waals surface area contributed by atoms with Crippen molar-refractivity contribution in [2.75, 3.05) is 7.11 Å². The molecule has 96 valence electrons. The van der Waals surface area contributed by atoms with Crippen molar-refractivity contribution >= 4 is 0 Å². The van der Waals surface area contributed by atoms with Gasteiger partial charge in [-0.15, -0.1) is 0 Å². The average Bonchev–Trinajstić information content (AvgIpc) is 2.39. The molecule has 0 amide bonds. The van der Waals surface area contributed by atoms with Crippen LogP contribution in [0.4, 0.5) is 0 Å². The van der Waals surface area contributed by atoms with E-state index in [0.717, 1.165) is 17.7 Å². The molecule has 3 heteroatoms. The normalized spacial score (nSPS) is 12.4. The number of nitrogens with two attached hydrogens (primary N) is 1. The molecule has 3 nitrogen and oxygen atoms in total. The Balaban J connectivity index is 2.59. The van der Waals surface area contributed by atoms with Crippen LogP contribution in [0, 0.1) is 0 Å². The Hall–Kier alpha value is -1.06. The van der Waals surface area contributed by atoms with Crippen LogP contribution in [-0.2, 0) is 0 Å². The molecule has 0 aromatic heterocycles.